The van der Waals surface area contributed by atoms with Gasteiger partial charge in [0.25, 0.3) is 0 Å². The van der Waals surface area contributed by atoms with Gasteiger partial charge in [-0.1, -0.05) is 30.3 Å². The molecule has 3 rings (SSSR count). The van der Waals surface area contributed by atoms with Gasteiger partial charge in [0, 0.05) is 23.2 Å². The van der Waals surface area contributed by atoms with Gasteiger partial charge in [-0.3, -0.25) is 4.79 Å². The summed E-state index contributed by atoms with van der Waals surface area (Å²) in [6.07, 6.45) is -4.26. The molecule has 0 radical (unpaired) electrons. The number of fused-ring (bicyclic) bond motifs is 1. The third kappa shape index (κ3) is 4.76. The van der Waals surface area contributed by atoms with E-state index >= 15 is 0 Å². The van der Waals surface area contributed by atoms with Crippen LogP contribution in [0.15, 0.2) is 65.7 Å². The Kier molecular flexibility index (Phi) is 5.46. The Morgan fingerprint density at radius 2 is 1.85 bits per heavy atom. The topological polar surface area (TPSA) is 42.0 Å². The van der Waals surface area contributed by atoms with Gasteiger partial charge in [0.1, 0.15) is 0 Å². The van der Waals surface area contributed by atoms with Gasteiger partial charge >= 0.3 is 6.18 Å². The molecule has 7 heteroatoms. The van der Waals surface area contributed by atoms with Crippen molar-refractivity contribution in [1.82, 2.24) is 4.98 Å². The molecule has 0 aliphatic rings. The Balaban J connectivity index is 1.54. The third-order valence-corrected chi connectivity index (χ3v) is 4.56. The number of amides is 1. The number of carbonyl (C=O) groups is 1. The van der Waals surface area contributed by atoms with Crippen LogP contribution in [-0.4, -0.2) is 16.6 Å². The van der Waals surface area contributed by atoms with E-state index in [9.17, 15) is 18.0 Å². The Labute approximate surface area is 152 Å². The van der Waals surface area contributed by atoms with Gasteiger partial charge in [-0.25, -0.2) is 4.98 Å². The Morgan fingerprint density at radius 3 is 2.65 bits per heavy atom. The molecule has 0 fully saturated rings. The van der Waals surface area contributed by atoms with Crippen molar-refractivity contribution >= 4 is 34.3 Å². The van der Waals surface area contributed by atoms with Crippen LogP contribution in [-0.2, 0) is 11.0 Å². The minimum atomic E-state index is -4.43. The van der Waals surface area contributed by atoms with E-state index in [-0.39, 0.29) is 18.0 Å². The maximum absolute atomic E-state index is 12.7. The minimum Gasteiger partial charge on any atom is -0.326 e. The molecule has 0 aliphatic carbocycles. The van der Waals surface area contributed by atoms with Gasteiger partial charge in [0.2, 0.25) is 5.91 Å². The van der Waals surface area contributed by atoms with E-state index in [0.29, 0.717) is 5.75 Å². The second-order valence-corrected chi connectivity index (χ2v) is 6.68. The van der Waals surface area contributed by atoms with Gasteiger partial charge in [0.15, 0.2) is 0 Å². The first-order valence-electron chi connectivity index (χ1n) is 7.87. The summed E-state index contributed by atoms with van der Waals surface area (Å²) in [7, 11) is 0. The largest absolute Gasteiger partial charge is 0.416 e. The number of alkyl halides is 3. The molecule has 0 bridgehead atoms. The number of aromatic nitrogens is 1. The molecular weight excluding hydrogens is 361 g/mol. The first kappa shape index (κ1) is 18.3. The van der Waals surface area contributed by atoms with Gasteiger partial charge in [-0.2, -0.15) is 13.2 Å². The monoisotopic (exact) mass is 376 g/mol. The first-order valence-corrected chi connectivity index (χ1v) is 8.86. The van der Waals surface area contributed by atoms with Crippen molar-refractivity contribution in [3.05, 3.63) is 66.2 Å². The van der Waals surface area contributed by atoms with Crippen molar-refractivity contribution in [3.8, 4) is 0 Å². The van der Waals surface area contributed by atoms with E-state index in [1.165, 1.54) is 23.9 Å². The van der Waals surface area contributed by atoms with Crippen LogP contribution in [0.3, 0.4) is 0 Å². The number of thioether (sulfide) groups is 1. The summed E-state index contributed by atoms with van der Waals surface area (Å²) in [5.41, 5.74) is 0.231. The lowest BCUT2D eigenvalue weighted by molar-refractivity contribution is -0.137. The number of pyridine rings is 1. The van der Waals surface area contributed by atoms with Crippen LogP contribution in [0.4, 0.5) is 18.9 Å². The van der Waals surface area contributed by atoms with Crippen LogP contribution in [0.25, 0.3) is 10.9 Å². The van der Waals surface area contributed by atoms with Crippen LogP contribution in [0.2, 0.25) is 0 Å². The van der Waals surface area contributed by atoms with Crippen molar-refractivity contribution in [1.29, 1.82) is 0 Å². The third-order valence-electron chi connectivity index (χ3n) is 3.63. The summed E-state index contributed by atoms with van der Waals surface area (Å²) in [5.74, 6) is 0.147. The summed E-state index contributed by atoms with van der Waals surface area (Å²) < 4.78 is 38.1. The maximum Gasteiger partial charge on any atom is 0.416 e. The Bertz CT molecular complexity index is 928. The molecule has 1 heterocycles. The van der Waals surface area contributed by atoms with Crippen molar-refractivity contribution < 1.29 is 18.0 Å². The zero-order chi connectivity index (χ0) is 18.6. The highest BCUT2D eigenvalue weighted by Gasteiger charge is 2.30. The number of anilines is 1. The Hall–Kier alpha value is -2.54. The molecule has 1 amide bonds. The molecule has 0 aliphatic heterocycles. The van der Waals surface area contributed by atoms with E-state index in [1.54, 1.807) is 0 Å². The molecule has 26 heavy (non-hydrogen) atoms. The maximum atomic E-state index is 12.7. The highest BCUT2D eigenvalue weighted by atomic mass is 32.2. The molecule has 2 aromatic carbocycles. The minimum absolute atomic E-state index is 0.138. The highest BCUT2D eigenvalue weighted by molar-refractivity contribution is 7.99. The van der Waals surface area contributed by atoms with Crippen LogP contribution >= 0.6 is 11.8 Å². The Morgan fingerprint density at radius 1 is 1.04 bits per heavy atom. The van der Waals surface area contributed by atoms with Crippen LogP contribution < -0.4 is 5.32 Å². The normalized spacial score (nSPS) is 11.5. The zero-order valence-corrected chi connectivity index (χ0v) is 14.4. The van der Waals surface area contributed by atoms with Crippen LogP contribution in [0.5, 0.6) is 0 Å². The smallest absolute Gasteiger partial charge is 0.326 e. The number of carbonyl (C=O) groups excluding carboxylic acids is 1. The summed E-state index contributed by atoms with van der Waals surface area (Å²) in [6.45, 7) is 0. The molecule has 134 valence electrons. The van der Waals surface area contributed by atoms with E-state index in [0.717, 1.165) is 28.1 Å². The number of benzene rings is 2. The molecule has 0 saturated heterocycles. The number of hydrogen-bond donors (Lipinski definition) is 1. The molecule has 1 aromatic heterocycles. The number of halogens is 3. The molecule has 1 N–H and O–H groups in total. The summed E-state index contributed by atoms with van der Waals surface area (Å²) in [4.78, 5) is 16.5. The van der Waals surface area contributed by atoms with Gasteiger partial charge in [-0.15, -0.1) is 11.8 Å². The number of nitrogens with zero attached hydrogens (tertiary/aromatic N) is 1. The lowest BCUT2D eigenvalue weighted by Gasteiger charge is -2.10. The second kappa shape index (κ2) is 7.78. The van der Waals surface area contributed by atoms with Crippen molar-refractivity contribution in [2.24, 2.45) is 0 Å². The van der Waals surface area contributed by atoms with E-state index < -0.39 is 11.7 Å². The average molecular weight is 376 g/mol. The molecular formula is C19H15F3N2OS. The molecule has 3 aromatic rings. The number of nitrogens with one attached hydrogen (secondary N) is 1. The van der Waals surface area contributed by atoms with E-state index in [1.807, 2.05) is 36.4 Å². The van der Waals surface area contributed by atoms with Crippen molar-refractivity contribution in [2.45, 2.75) is 17.6 Å². The fourth-order valence-corrected chi connectivity index (χ4v) is 3.20. The number of rotatable bonds is 5. The SMILES string of the molecule is O=C(CCSc1ccc2ccccc2n1)Nc1cccc(C(F)(F)F)c1. The average Bonchev–Trinajstić information content (AvgIpc) is 2.61. The molecule has 0 spiro atoms. The van der Waals surface area contributed by atoms with Gasteiger partial charge in [-0.05, 0) is 30.3 Å². The van der Waals surface area contributed by atoms with Crippen LogP contribution in [0, 0.1) is 0 Å². The van der Waals surface area contributed by atoms with E-state index in [4.69, 9.17) is 0 Å². The molecule has 0 unspecified atom stereocenters. The summed E-state index contributed by atoms with van der Waals surface area (Å²) in [6, 6.07) is 16.2. The van der Waals surface area contributed by atoms with E-state index in [2.05, 4.69) is 10.3 Å². The number of para-hydroxylation sites is 1. The predicted molar refractivity (Wildman–Crippen MR) is 97.2 cm³/mol. The zero-order valence-electron chi connectivity index (χ0n) is 13.6. The lowest BCUT2D eigenvalue weighted by atomic mass is 10.2. The molecule has 0 atom stereocenters. The van der Waals surface area contributed by atoms with Gasteiger partial charge in [0.05, 0.1) is 16.1 Å². The molecule has 0 saturated carbocycles. The van der Waals surface area contributed by atoms with Gasteiger partial charge < -0.3 is 5.32 Å². The fourth-order valence-electron chi connectivity index (χ4n) is 2.37. The summed E-state index contributed by atoms with van der Waals surface area (Å²) in [5, 5.41) is 4.34. The standard InChI is InChI=1S/C19H15F3N2OS/c20-19(21,22)14-5-3-6-15(12-14)23-17(25)10-11-26-18-9-8-13-4-1-2-7-16(13)24-18/h1-9,12H,10-11H2,(H,23,25). The van der Waals surface area contributed by atoms with Crippen molar-refractivity contribution in [2.75, 3.05) is 11.1 Å². The highest BCUT2D eigenvalue weighted by Crippen LogP contribution is 2.30. The first-order chi connectivity index (χ1) is 12.4. The van der Waals surface area contributed by atoms with Crippen molar-refractivity contribution in [3.63, 3.8) is 0 Å². The second-order valence-electron chi connectivity index (χ2n) is 5.57. The fraction of sp³-hybridized carbons (Fsp3) is 0.158. The quantitative estimate of drug-likeness (QED) is 0.609. The molecule has 3 nitrogen and oxygen atoms in total. The summed E-state index contributed by atoms with van der Waals surface area (Å²) >= 11 is 1.43. The predicted octanol–water partition coefficient (Wildman–Crippen LogP) is 5.37. The lowest BCUT2D eigenvalue weighted by Crippen LogP contribution is -2.13. The van der Waals surface area contributed by atoms with Crippen LogP contribution in [0.1, 0.15) is 12.0 Å². The number of hydrogen-bond acceptors (Lipinski definition) is 3.